The summed E-state index contributed by atoms with van der Waals surface area (Å²) in [5, 5.41) is 10.7. The third-order valence-electron chi connectivity index (χ3n) is 2.42. The lowest BCUT2D eigenvalue weighted by atomic mass is 10.2. The van der Waals surface area contributed by atoms with E-state index < -0.39 is 16.2 Å². The Labute approximate surface area is 100 Å². The molecule has 1 aromatic heterocycles. The number of rotatable bonds is 2. The summed E-state index contributed by atoms with van der Waals surface area (Å²) in [7, 11) is 0. The highest BCUT2D eigenvalue weighted by molar-refractivity contribution is 5.43. The number of benzene rings is 1. The van der Waals surface area contributed by atoms with Gasteiger partial charge in [0, 0.05) is 23.9 Å². The normalized spacial score (nSPS) is 10.3. The fraction of sp³-hybridized carbons (Fsp3) is 0.0909. The van der Waals surface area contributed by atoms with Crippen molar-refractivity contribution in [3.8, 4) is 5.69 Å². The van der Waals surface area contributed by atoms with Crippen LogP contribution >= 0.6 is 0 Å². The predicted molar refractivity (Wildman–Crippen MR) is 64.1 cm³/mol. The van der Waals surface area contributed by atoms with E-state index in [9.17, 15) is 19.7 Å². The Hall–Kier alpha value is -2.70. The van der Waals surface area contributed by atoms with Crippen LogP contribution in [0.4, 0.5) is 5.69 Å². The van der Waals surface area contributed by atoms with Crippen molar-refractivity contribution >= 4 is 5.69 Å². The number of hydrogen-bond donors (Lipinski definition) is 1. The van der Waals surface area contributed by atoms with E-state index in [1.807, 2.05) is 0 Å². The van der Waals surface area contributed by atoms with Crippen LogP contribution < -0.4 is 11.2 Å². The number of aryl methyl sites for hydroxylation is 1. The molecule has 7 heteroatoms. The zero-order chi connectivity index (χ0) is 13.3. The average Bonchev–Trinajstić information content (AvgIpc) is 2.28. The van der Waals surface area contributed by atoms with E-state index in [1.165, 1.54) is 28.8 Å². The van der Waals surface area contributed by atoms with Crippen molar-refractivity contribution in [2.75, 3.05) is 0 Å². The van der Waals surface area contributed by atoms with Gasteiger partial charge in [0.25, 0.3) is 11.2 Å². The molecular formula is C11H9N3O4. The smallest absolute Gasteiger partial charge is 0.274 e. The molecule has 0 spiro atoms. The largest absolute Gasteiger partial charge is 0.333 e. The zero-order valence-electron chi connectivity index (χ0n) is 9.41. The molecule has 0 aliphatic carbocycles. The van der Waals surface area contributed by atoms with Crippen molar-refractivity contribution in [3.63, 3.8) is 0 Å². The molecule has 0 saturated carbocycles. The van der Waals surface area contributed by atoms with Gasteiger partial charge in [-0.15, -0.1) is 0 Å². The van der Waals surface area contributed by atoms with Gasteiger partial charge in [-0.3, -0.25) is 24.5 Å². The van der Waals surface area contributed by atoms with E-state index in [4.69, 9.17) is 0 Å². The number of hydrogen-bond acceptors (Lipinski definition) is 4. The summed E-state index contributed by atoms with van der Waals surface area (Å²) in [5.74, 6) is 0. The highest BCUT2D eigenvalue weighted by atomic mass is 16.6. The van der Waals surface area contributed by atoms with Gasteiger partial charge in [-0.05, 0) is 13.0 Å². The van der Waals surface area contributed by atoms with E-state index in [-0.39, 0.29) is 5.69 Å². The number of nitro groups is 1. The van der Waals surface area contributed by atoms with E-state index in [2.05, 4.69) is 4.98 Å². The van der Waals surface area contributed by atoms with Crippen LogP contribution in [0.2, 0.25) is 0 Å². The number of H-pyrrole nitrogens is 1. The molecule has 7 nitrogen and oxygen atoms in total. The molecular weight excluding hydrogens is 238 g/mol. The Kier molecular flexibility index (Phi) is 2.80. The van der Waals surface area contributed by atoms with E-state index >= 15 is 0 Å². The molecule has 0 radical (unpaired) electrons. The number of nitro benzene ring substituents is 1. The second kappa shape index (κ2) is 4.28. The second-order valence-corrected chi connectivity index (χ2v) is 3.69. The molecule has 1 heterocycles. The Balaban J connectivity index is 2.70. The molecule has 0 unspecified atom stereocenters. The maximum Gasteiger partial charge on any atom is 0.333 e. The molecule has 0 fully saturated rings. The second-order valence-electron chi connectivity index (χ2n) is 3.69. The van der Waals surface area contributed by atoms with Crippen molar-refractivity contribution in [1.82, 2.24) is 9.55 Å². The highest BCUT2D eigenvalue weighted by Crippen LogP contribution is 2.15. The first-order valence-corrected chi connectivity index (χ1v) is 5.07. The van der Waals surface area contributed by atoms with Crippen LogP contribution in [-0.4, -0.2) is 14.5 Å². The maximum atomic E-state index is 11.7. The van der Waals surface area contributed by atoms with Crippen molar-refractivity contribution in [2.45, 2.75) is 6.92 Å². The van der Waals surface area contributed by atoms with Gasteiger partial charge in [0.15, 0.2) is 0 Å². The molecule has 0 amide bonds. The fourth-order valence-electron chi connectivity index (χ4n) is 1.68. The molecule has 0 bridgehead atoms. The average molecular weight is 247 g/mol. The number of nitrogens with one attached hydrogen (secondary N) is 1. The van der Waals surface area contributed by atoms with Gasteiger partial charge in [-0.1, -0.05) is 6.07 Å². The molecule has 0 saturated heterocycles. The Morgan fingerprint density at radius 1 is 1.28 bits per heavy atom. The van der Waals surface area contributed by atoms with E-state index in [1.54, 1.807) is 13.0 Å². The summed E-state index contributed by atoms with van der Waals surface area (Å²) < 4.78 is 1.20. The van der Waals surface area contributed by atoms with Gasteiger partial charge in [-0.2, -0.15) is 0 Å². The Morgan fingerprint density at radius 2 is 2.00 bits per heavy atom. The summed E-state index contributed by atoms with van der Waals surface area (Å²) in [6, 6.07) is 6.88. The van der Waals surface area contributed by atoms with Gasteiger partial charge < -0.3 is 0 Å². The molecule has 0 atom stereocenters. The summed E-state index contributed by atoms with van der Waals surface area (Å²) in [6.45, 7) is 1.58. The van der Waals surface area contributed by atoms with Crippen molar-refractivity contribution in [1.29, 1.82) is 0 Å². The molecule has 0 aliphatic heterocycles. The first-order chi connectivity index (χ1) is 8.49. The lowest BCUT2D eigenvalue weighted by molar-refractivity contribution is -0.384. The van der Waals surface area contributed by atoms with E-state index in [0.717, 1.165) is 0 Å². The van der Waals surface area contributed by atoms with Crippen LogP contribution in [-0.2, 0) is 0 Å². The lowest BCUT2D eigenvalue weighted by Crippen LogP contribution is -2.29. The third kappa shape index (κ3) is 2.05. The molecule has 18 heavy (non-hydrogen) atoms. The first-order valence-electron chi connectivity index (χ1n) is 5.07. The van der Waals surface area contributed by atoms with E-state index in [0.29, 0.717) is 11.4 Å². The van der Waals surface area contributed by atoms with Crippen LogP contribution in [0, 0.1) is 17.0 Å². The van der Waals surface area contributed by atoms with Gasteiger partial charge in [0.1, 0.15) is 0 Å². The molecule has 0 aliphatic rings. The monoisotopic (exact) mass is 247 g/mol. The molecule has 2 aromatic rings. The molecule has 92 valence electrons. The number of non-ortho nitro benzene ring substituents is 1. The van der Waals surface area contributed by atoms with Crippen LogP contribution in [0.15, 0.2) is 39.9 Å². The number of aromatic nitrogens is 2. The Morgan fingerprint density at radius 3 is 2.61 bits per heavy atom. The molecule has 2 rings (SSSR count). The van der Waals surface area contributed by atoms with Gasteiger partial charge in [-0.25, -0.2) is 4.79 Å². The highest BCUT2D eigenvalue weighted by Gasteiger charge is 2.10. The summed E-state index contributed by atoms with van der Waals surface area (Å²) in [6.07, 6.45) is 0. The van der Waals surface area contributed by atoms with Crippen LogP contribution in [0.3, 0.4) is 0 Å². The third-order valence-corrected chi connectivity index (χ3v) is 2.42. The molecule has 1 N–H and O–H groups in total. The first kappa shape index (κ1) is 11.8. The topological polar surface area (TPSA) is 98.0 Å². The minimum Gasteiger partial charge on any atom is -0.274 e. The molecule has 1 aromatic carbocycles. The van der Waals surface area contributed by atoms with Crippen LogP contribution in [0.25, 0.3) is 5.69 Å². The summed E-state index contributed by atoms with van der Waals surface area (Å²) in [5.41, 5.74) is -0.503. The van der Waals surface area contributed by atoms with Gasteiger partial charge in [0.05, 0.1) is 10.6 Å². The SMILES string of the molecule is Cc1cc(=O)[nH]c(=O)n1-c1cccc([N+](=O)[O-])c1. The number of nitrogens with zero attached hydrogens (tertiary/aromatic N) is 2. The standard InChI is InChI=1S/C11H9N3O4/c1-7-5-10(15)12-11(16)13(7)8-3-2-4-9(6-8)14(17)18/h2-6H,1H3,(H,12,15,16). The summed E-state index contributed by atoms with van der Waals surface area (Å²) >= 11 is 0. The number of aromatic amines is 1. The quantitative estimate of drug-likeness (QED) is 0.625. The van der Waals surface area contributed by atoms with Gasteiger partial charge >= 0.3 is 5.69 Å². The lowest BCUT2D eigenvalue weighted by Gasteiger charge is -2.07. The predicted octanol–water partition coefficient (Wildman–Crippen LogP) is 0.742. The van der Waals surface area contributed by atoms with Crippen molar-refractivity contribution < 1.29 is 4.92 Å². The van der Waals surface area contributed by atoms with Crippen molar-refractivity contribution in [2.24, 2.45) is 0 Å². The fourth-order valence-corrected chi connectivity index (χ4v) is 1.68. The summed E-state index contributed by atoms with van der Waals surface area (Å²) in [4.78, 5) is 35.0. The van der Waals surface area contributed by atoms with Gasteiger partial charge in [0.2, 0.25) is 0 Å². The van der Waals surface area contributed by atoms with Crippen molar-refractivity contribution in [3.05, 3.63) is 67.0 Å². The minimum atomic E-state index is -0.625. The zero-order valence-corrected chi connectivity index (χ0v) is 9.41. The minimum absolute atomic E-state index is 0.120. The Bertz CT molecular complexity index is 730. The maximum absolute atomic E-state index is 11.7. The van der Waals surface area contributed by atoms with Crippen LogP contribution in [0.5, 0.6) is 0 Å². The van der Waals surface area contributed by atoms with Crippen LogP contribution in [0.1, 0.15) is 5.69 Å².